The van der Waals surface area contributed by atoms with E-state index < -0.39 is 0 Å². The standard InChI is InChI=1S/C21H37N2O2/c1-3-5-6-7-8-9-10-11-12-13-15-22-17-18-23(20-22)16-14-19-25-21(24)4-2/h4,17-18,20H,2-3,5-16,19H2,1H3/q+1. The summed E-state index contributed by atoms with van der Waals surface area (Å²) in [5, 5.41) is 0. The molecule has 25 heavy (non-hydrogen) atoms. The first-order valence-electron chi connectivity index (χ1n) is 10.1. The number of ether oxygens (including phenoxy) is 1. The summed E-state index contributed by atoms with van der Waals surface area (Å²) >= 11 is 0. The van der Waals surface area contributed by atoms with Gasteiger partial charge in [-0.25, -0.2) is 13.9 Å². The predicted molar refractivity (Wildman–Crippen MR) is 102 cm³/mol. The highest BCUT2D eigenvalue weighted by Gasteiger charge is 2.04. The highest BCUT2D eigenvalue weighted by Crippen LogP contribution is 2.10. The highest BCUT2D eigenvalue weighted by atomic mass is 16.5. The number of hydrogen-bond acceptors (Lipinski definition) is 2. The molecule has 1 rings (SSSR count). The molecule has 0 unspecified atom stereocenters. The van der Waals surface area contributed by atoms with Gasteiger partial charge in [0.25, 0.3) is 0 Å². The molecule has 0 aliphatic rings. The zero-order valence-corrected chi connectivity index (χ0v) is 16.1. The van der Waals surface area contributed by atoms with Crippen LogP contribution in [0.25, 0.3) is 0 Å². The number of aryl methyl sites for hydroxylation is 2. The van der Waals surface area contributed by atoms with E-state index >= 15 is 0 Å². The number of imidazole rings is 1. The smallest absolute Gasteiger partial charge is 0.330 e. The normalized spacial score (nSPS) is 10.8. The van der Waals surface area contributed by atoms with Crippen LogP contribution in [0.5, 0.6) is 0 Å². The van der Waals surface area contributed by atoms with E-state index in [1.807, 2.05) is 0 Å². The predicted octanol–water partition coefficient (Wildman–Crippen LogP) is 4.82. The Morgan fingerprint density at radius 2 is 1.68 bits per heavy atom. The second kappa shape index (κ2) is 14.7. The Bertz CT molecular complexity index is 468. The quantitative estimate of drug-likeness (QED) is 0.186. The Morgan fingerprint density at radius 3 is 2.32 bits per heavy atom. The molecule has 0 spiro atoms. The number of aromatic nitrogens is 2. The number of rotatable bonds is 16. The van der Waals surface area contributed by atoms with E-state index in [1.165, 1.54) is 70.3 Å². The zero-order chi connectivity index (χ0) is 18.2. The summed E-state index contributed by atoms with van der Waals surface area (Å²) in [6, 6.07) is 0. The monoisotopic (exact) mass is 349 g/mol. The molecule has 0 bridgehead atoms. The third kappa shape index (κ3) is 11.6. The minimum absolute atomic E-state index is 0.344. The maximum Gasteiger partial charge on any atom is 0.330 e. The largest absolute Gasteiger partial charge is 0.462 e. The fourth-order valence-electron chi connectivity index (χ4n) is 2.96. The van der Waals surface area contributed by atoms with Crippen LogP contribution in [0.2, 0.25) is 0 Å². The van der Waals surface area contributed by atoms with Crippen LogP contribution in [0.15, 0.2) is 31.4 Å². The van der Waals surface area contributed by atoms with Crippen molar-refractivity contribution in [2.24, 2.45) is 0 Å². The van der Waals surface area contributed by atoms with Crippen molar-refractivity contribution in [3.63, 3.8) is 0 Å². The number of carbonyl (C=O) groups is 1. The summed E-state index contributed by atoms with van der Waals surface area (Å²) in [6.07, 6.45) is 22.1. The molecule has 1 aromatic heterocycles. The molecule has 0 saturated heterocycles. The third-order valence-electron chi connectivity index (χ3n) is 4.49. The van der Waals surface area contributed by atoms with Gasteiger partial charge < -0.3 is 4.74 Å². The fourth-order valence-corrected chi connectivity index (χ4v) is 2.96. The summed E-state index contributed by atoms with van der Waals surface area (Å²) < 4.78 is 9.38. The average Bonchev–Trinajstić information content (AvgIpc) is 3.08. The first-order chi connectivity index (χ1) is 12.3. The van der Waals surface area contributed by atoms with Gasteiger partial charge in [-0.2, -0.15) is 0 Å². The van der Waals surface area contributed by atoms with Gasteiger partial charge in [0.15, 0.2) is 0 Å². The lowest BCUT2D eigenvalue weighted by molar-refractivity contribution is -0.697. The molecule has 1 aromatic rings. The minimum atomic E-state index is -0.344. The number of esters is 1. The van der Waals surface area contributed by atoms with Crippen molar-refractivity contribution in [2.45, 2.75) is 90.6 Å². The zero-order valence-electron chi connectivity index (χ0n) is 16.1. The van der Waals surface area contributed by atoms with Crippen molar-refractivity contribution in [3.8, 4) is 0 Å². The van der Waals surface area contributed by atoms with Crippen molar-refractivity contribution in [3.05, 3.63) is 31.4 Å². The minimum Gasteiger partial charge on any atom is -0.462 e. The van der Waals surface area contributed by atoms with Crippen molar-refractivity contribution < 1.29 is 14.1 Å². The summed E-state index contributed by atoms with van der Waals surface area (Å²) in [4.78, 5) is 10.9. The lowest BCUT2D eigenvalue weighted by Gasteiger charge is -2.01. The van der Waals surface area contributed by atoms with Crippen molar-refractivity contribution in [2.75, 3.05) is 6.61 Å². The molecular formula is C21H37N2O2+. The van der Waals surface area contributed by atoms with E-state index in [9.17, 15) is 4.79 Å². The number of unbranched alkanes of at least 4 members (excludes halogenated alkanes) is 9. The van der Waals surface area contributed by atoms with E-state index in [-0.39, 0.29) is 5.97 Å². The summed E-state index contributed by atoms with van der Waals surface area (Å²) in [7, 11) is 0. The Morgan fingerprint density at radius 1 is 1.04 bits per heavy atom. The molecular weight excluding hydrogens is 312 g/mol. The first-order valence-corrected chi connectivity index (χ1v) is 10.1. The third-order valence-corrected chi connectivity index (χ3v) is 4.49. The number of hydrogen-bond donors (Lipinski definition) is 0. The Balaban J connectivity index is 1.97. The molecule has 4 nitrogen and oxygen atoms in total. The maximum absolute atomic E-state index is 10.9. The van der Waals surface area contributed by atoms with Crippen LogP contribution in [0.1, 0.15) is 77.6 Å². The van der Waals surface area contributed by atoms with Gasteiger partial charge in [0.2, 0.25) is 6.33 Å². The molecule has 142 valence electrons. The van der Waals surface area contributed by atoms with Crippen LogP contribution >= 0.6 is 0 Å². The van der Waals surface area contributed by atoms with Crippen LogP contribution in [0, 0.1) is 0 Å². The van der Waals surface area contributed by atoms with Gasteiger partial charge in [-0.3, -0.25) is 0 Å². The van der Waals surface area contributed by atoms with Gasteiger partial charge in [0.1, 0.15) is 12.4 Å². The van der Waals surface area contributed by atoms with Crippen molar-refractivity contribution in [1.29, 1.82) is 0 Å². The second-order valence-electron chi connectivity index (χ2n) is 6.80. The molecule has 0 aliphatic heterocycles. The molecule has 0 N–H and O–H groups in total. The number of carbonyl (C=O) groups excluding carboxylic acids is 1. The van der Waals surface area contributed by atoms with Crippen molar-refractivity contribution >= 4 is 5.97 Å². The molecule has 0 aromatic carbocycles. The van der Waals surface area contributed by atoms with Gasteiger partial charge in [0, 0.05) is 12.5 Å². The molecule has 0 aliphatic carbocycles. The van der Waals surface area contributed by atoms with E-state index in [0.717, 1.165) is 19.5 Å². The van der Waals surface area contributed by atoms with E-state index in [1.54, 1.807) is 0 Å². The average molecular weight is 350 g/mol. The van der Waals surface area contributed by atoms with Gasteiger partial charge in [0.05, 0.1) is 19.7 Å². The van der Waals surface area contributed by atoms with Gasteiger partial charge >= 0.3 is 5.97 Å². The summed E-state index contributed by atoms with van der Waals surface area (Å²) in [5.41, 5.74) is 0. The topological polar surface area (TPSA) is 35.1 Å². The van der Waals surface area contributed by atoms with Crippen molar-refractivity contribution in [1.82, 2.24) is 4.57 Å². The Kier molecular flexibility index (Phi) is 12.7. The van der Waals surface area contributed by atoms with Crippen LogP contribution in [0.3, 0.4) is 0 Å². The Labute approximate surface area is 153 Å². The van der Waals surface area contributed by atoms with E-state index in [4.69, 9.17) is 4.74 Å². The molecule has 0 radical (unpaired) electrons. The summed E-state index contributed by atoms with van der Waals surface area (Å²) in [5.74, 6) is -0.344. The second-order valence-corrected chi connectivity index (χ2v) is 6.80. The first kappa shape index (κ1) is 21.5. The fraction of sp³-hybridized carbons (Fsp3) is 0.714. The highest BCUT2D eigenvalue weighted by molar-refractivity contribution is 5.81. The Hall–Kier alpha value is -1.58. The van der Waals surface area contributed by atoms with Crippen LogP contribution in [-0.2, 0) is 22.6 Å². The molecule has 0 saturated carbocycles. The maximum atomic E-state index is 10.9. The molecule has 0 fully saturated rings. The van der Waals surface area contributed by atoms with Crippen LogP contribution in [-0.4, -0.2) is 17.1 Å². The lowest BCUT2D eigenvalue weighted by atomic mass is 10.1. The molecule has 0 amide bonds. The van der Waals surface area contributed by atoms with E-state index in [0.29, 0.717) is 6.61 Å². The molecule has 1 heterocycles. The van der Waals surface area contributed by atoms with E-state index in [2.05, 4.69) is 41.4 Å². The van der Waals surface area contributed by atoms with Gasteiger partial charge in [-0.05, 0) is 12.8 Å². The van der Waals surface area contributed by atoms with Crippen LogP contribution < -0.4 is 4.57 Å². The lowest BCUT2D eigenvalue weighted by Crippen LogP contribution is -2.31. The summed E-state index contributed by atoms with van der Waals surface area (Å²) in [6.45, 7) is 8.06. The van der Waals surface area contributed by atoms with Gasteiger partial charge in [-0.1, -0.05) is 64.9 Å². The van der Waals surface area contributed by atoms with Gasteiger partial charge in [-0.15, -0.1) is 0 Å². The van der Waals surface area contributed by atoms with Crippen LogP contribution in [0.4, 0.5) is 0 Å². The molecule has 0 atom stereocenters. The molecule has 4 heteroatoms. The number of nitrogens with zero attached hydrogens (tertiary/aromatic N) is 2. The SMILES string of the molecule is C=CC(=O)OCCC[n+]1ccn(CCCCCCCCCCCC)c1.